The van der Waals surface area contributed by atoms with Gasteiger partial charge >= 0.3 is 0 Å². The first-order chi connectivity index (χ1) is 8.40. The fourth-order valence-corrected chi connectivity index (χ4v) is 3.06. The third-order valence-electron chi connectivity index (χ3n) is 2.84. The maximum Gasteiger partial charge on any atom is 0.0298 e. The predicted octanol–water partition coefficient (Wildman–Crippen LogP) is 5.07. The number of thioether (sulfide) groups is 1. The molecular formula is C16H18S. The molecule has 0 N–H and O–H groups in total. The Hall–Kier alpha value is -1.21. The largest absolute Gasteiger partial charge is 0.149 e. The highest BCUT2D eigenvalue weighted by atomic mass is 32.2. The monoisotopic (exact) mass is 242 g/mol. The third kappa shape index (κ3) is 3.64. The van der Waals surface area contributed by atoms with Gasteiger partial charge in [0.25, 0.3) is 0 Å². The van der Waals surface area contributed by atoms with Gasteiger partial charge in [-0.05, 0) is 17.5 Å². The van der Waals surface area contributed by atoms with Crippen LogP contribution in [0.25, 0.3) is 0 Å². The molecule has 2 aromatic rings. The van der Waals surface area contributed by atoms with Crippen molar-refractivity contribution in [2.75, 3.05) is 0 Å². The topological polar surface area (TPSA) is 0 Å². The molecule has 0 radical (unpaired) electrons. The summed E-state index contributed by atoms with van der Waals surface area (Å²) in [5, 5.41) is 0.608. The van der Waals surface area contributed by atoms with Crippen molar-refractivity contribution < 1.29 is 0 Å². The summed E-state index contributed by atoms with van der Waals surface area (Å²) in [6.45, 7) is 2.26. The Balaban J connectivity index is 1.97. The molecule has 0 fully saturated rings. The van der Waals surface area contributed by atoms with Crippen molar-refractivity contribution in [3.8, 4) is 0 Å². The first kappa shape index (κ1) is 12.3. The van der Waals surface area contributed by atoms with Crippen molar-refractivity contribution >= 4 is 11.8 Å². The minimum atomic E-state index is 0.608. The van der Waals surface area contributed by atoms with Crippen LogP contribution in [0, 0.1) is 0 Å². The van der Waals surface area contributed by atoms with E-state index in [1.165, 1.54) is 17.5 Å². The van der Waals surface area contributed by atoms with E-state index in [-0.39, 0.29) is 0 Å². The summed E-state index contributed by atoms with van der Waals surface area (Å²) in [4.78, 5) is 0. The zero-order chi connectivity index (χ0) is 11.9. The van der Waals surface area contributed by atoms with Crippen LogP contribution in [0.1, 0.15) is 29.7 Å². The lowest BCUT2D eigenvalue weighted by molar-refractivity contribution is 0.894. The van der Waals surface area contributed by atoms with E-state index in [4.69, 9.17) is 0 Å². The molecule has 0 aromatic heterocycles. The van der Waals surface area contributed by atoms with Gasteiger partial charge in [-0.15, -0.1) is 11.8 Å². The quantitative estimate of drug-likeness (QED) is 0.705. The highest BCUT2D eigenvalue weighted by molar-refractivity contribution is 7.98. The molecule has 17 heavy (non-hydrogen) atoms. The molecule has 0 spiro atoms. The zero-order valence-electron chi connectivity index (χ0n) is 10.2. The Morgan fingerprint density at radius 2 is 1.47 bits per heavy atom. The Bertz CT molecular complexity index is 422. The summed E-state index contributed by atoms with van der Waals surface area (Å²) in [6, 6.07) is 21.5. The second kappa shape index (κ2) is 6.51. The molecule has 2 rings (SSSR count). The average Bonchev–Trinajstić information content (AvgIpc) is 2.42. The third-order valence-corrected chi connectivity index (χ3v) is 4.34. The summed E-state index contributed by atoms with van der Waals surface area (Å²) in [5.41, 5.74) is 2.85. The van der Waals surface area contributed by atoms with E-state index in [0.29, 0.717) is 5.25 Å². The SMILES string of the molecule is CCC(SCc1ccccc1)c1ccccc1. The average molecular weight is 242 g/mol. The molecule has 0 aliphatic carbocycles. The minimum Gasteiger partial charge on any atom is -0.149 e. The van der Waals surface area contributed by atoms with Crippen molar-refractivity contribution in [3.05, 3.63) is 71.8 Å². The molecular weight excluding hydrogens is 224 g/mol. The molecule has 0 heterocycles. The van der Waals surface area contributed by atoms with E-state index in [1.54, 1.807) is 0 Å². The summed E-state index contributed by atoms with van der Waals surface area (Å²) < 4.78 is 0. The van der Waals surface area contributed by atoms with E-state index in [0.717, 1.165) is 5.75 Å². The number of hydrogen-bond acceptors (Lipinski definition) is 1. The van der Waals surface area contributed by atoms with E-state index in [2.05, 4.69) is 67.6 Å². The fourth-order valence-electron chi connectivity index (χ4n) is 1.89. The maximum atomic E-state index is 2.26. The standard InChI is InChI=1S/C16H18S/c1-2-16(15-11-7-4-8-12-15)17-13-14-9-5-3-6-10-14/h3-12,16H,2,13H2,1H3. The molecule has 1 atom stereocenters. The molecule has 0 saturated carbocycles. The molecule has 1 heteroatoms. The van der Waals surface area contributed by atoms with Crippen molar-refractivity contribution in [1.29, 1.82) is 0 Å². The van der Waals surface area contributed by atoms with Gasteiger partial charge in [0.15, 0.2) is 0 Å². The normalized spacial score (nSPS) is 12.3. The lowest BCUT2D eigenvalue weighted by Gasteiger charge is -2.14. The highest BCUT2D eigenvalue weighted by Crippen LogP contribution is 2.33. The van der Waals surface area contributed by atoms with E-state index in [1.807, 2.05) is 11.8 Å². The molecule has 0 aliphatic heterocycles. The van der Waals surface area contributed by atoms with Gasteiger partial charge in [0.05, 0.1) is 0 Å². The number of hydrogen-bond donors (Lipinski definition) is 0. The van der Waals surface area contributed by atoms with Crippen molar-refractivity contribution in [2.45, 2.75) is 24.3 Å². The van der Waals surface area contributed by atoms with Gasteiger partial charge in [0.1, 0.15) is 0 Å². The predicted molar refractivity (Wildman–Crippen MR) is 77.2 cm³/mol. The van der Waals surface area contributed by atoms with Crippen LogP contribution >= 0.6 is 11.8 Å². The second-order valence-corrected chi connectivity index (χ2v) is 5.30. The summed E-state index contributed by atoms with van der Waals surface area (Å²) in [6.07, 6.45) is 1.18. The molecule has 88 valence electrons. The van der Waals surface area contributed by atoms with Gasteiger partial charge in [0.2, 0.25) is 0 Å². The second-order valence-electron chi connectivity index (χ2n) is 4.10. The van der Waals surface area contributed by atoms with Crippen LogP contribution in [0.3, 0.4) is 0 Å². The van der Waals surface area contributed by atoms with E-state index < -0.39 is 0 Å². The summed E-state index contributed by atoms with van der Waals surface area (Å²) in [5.74, 6) is 1.09. The van der Waals surface area contributed by atoms with Gasteiger partial charge in [0, 0.05) is 11.0 Å². The van der Waals surface area contributed by atoms with Gasteiger partial charge in [-0.25, -0.2) is 0 Å². The fraction of sp³-hybridized carbons (Fsp3) is 0.250. The van der Waals surface area contributed by atoms with Crippen LogP contribution in [0.5, 0.6) is 0 Å². The zero-order valence-corrected chi connectivity index (χ0v) is 11.0. The Morgan fingerprint density at radius 1 is 0.882 bits per heavy atom. The Morgan fingerprint density at radius 3 is 2.06 bits per heavy atom. The lowest BCUT2D eigenvalue weighted by Crippen LogP contribution is -1.93. The molecule has 2 aromatic carbocycles. The van der Waals surface area contributed by atoms with Gasteiger partial charge in [-0.2, -0.15) is 0 Å². The van der Waals surface area contributed by atoms with Crippen LogP contribution < -0.4 is 0 Å². The van der Waals surface area contributed by atoms with E-state index in [9.17, 15) is 0 Å². The Kier molecular flexibility index (Phi) is 4.69. The first-order valence-corrected chi connectivity index (χ1v) is 7.15. The van der Waals surface area contributed by atoms with Crippen LogP contribution in [-0.4, -0.2) is 0 Å². The molecule has 0 nitrogen and oxygen atoms in total. The molecule has 0 saturated heterocycles. The van der Waals surface area contributed by atoms with Gasteiger partial charge in [-0.1, -0.05) is 67.6 Å². The lowest BCUT2D eigenvalue weighted by atomic mass is 10.1. The maximum absolute atomic E-state index is 2.26. The minimum absolute atomic E-state index is 0.608. The smallest absolute Gasteiger partial charge is 0.0298 e. The first-order valence-electron chi connectivity index (χ1n) is 6.10. The van der Waals surface area contributed by atoms with Crippen LogP contribution in [-0.2, 0) is 5.75 Å². The highest BCUT2D eigenvalue weighted by Gasteiger charge is 2.08. The molecule has 0 bridgehead atoms. The number of benzene rings is 2. The van der Waals surface area contributed by atoms with Gasteiger partial charge < -0.3 is 0 Å². The number of rotatable bonds is 5. The summed E-state index contributed by atoms with van der Waals surface area (Å²) >= 11 is 2.03. The van der Waals surface area contributed by atoms with Crippen LogP contribution in [0.2, 0.25) is 0 Å². The van der Waals surface area contributed by atoms with Crippen LogP contribution in [0.15, 0.2) is 60.7 Å². The molecule has 0 amide bonds. The van der Waals surface area contributed by atoms with Gasteiger partial charge in [-0.3, -0.25) is 0 Å². The van der Waals surface area contributed by atoms with Crippen molar-refractivity contribution in [3.63, 3.8) is 0 Å². The van der Waals surface area contributed by atoms with Crippen molar-refractivity contribution in [2.24, 2.45) is 0 Å². The van der Waals surface area contributed by atoms with E-state index >= 15 is 0 Å². The molecule has 1 unspecified atom stereocenters. The van der Waals surface area contributed by atoms with Crippen LogP contribution in [0.4, 0.5) is 0 Å². The Labute approximate surface area is 108 Å². The summed E-state index contributed by atoms with van der Waals surface area (Å²) in [7, 11) is 0. The molecule has 0 aliphatic rings. The van der Waals surface area contributed by atoms with Crippen molar-refractivity contribution in [1.82, 2.24) is 0 Å².